The van der Waals surface area contributed by atoms with Gasteiger partial charge in [0, 0.05) is 7.05 Å². The Bertz CT molecular complexity index is 335. The number of anilines is 1. The van der Waals surface area contributed by atoms with Gasteiger partial charge >= 0.3 is 0 Å². The predicted octanol–water partition coefficient (Wildman–Crippen LogP) is 2.86. The van der Waals surface area contributed by atoms with E-state index >= 15 is 0 Å². The van der Waals surface area contributed by atoms with Crippen molar-refractivity contribution in [1.82, 2.24) is 0 Å². The second kappa shape index (κ2) is 4.23. The first-order valence-corrected chi connectivity index (χ1v) is 5.48. The largest absolute Gasteiger partial charge is 0.314 e. The Morgan fingerprint density at radius 2 is 1.87 bits per heavy atom. The molecular weight excluding hydrogens is 184 g/mol. The third kappa shape index (κ3) is 2.51. The minimum absolute atomic E-state index is 0.178. The SMILES string of the molecule is CCc1c(N(C)N)cccc1C(C)(C)C. The predicted molar refractivity (Wildman–Crippen MR) is 67.1 cm³/mol. The maximum Gasteiger partial charge on any atom is 0.0548 e. The van der Waals surface area contributed by atoms with Crippen LogP contribution in [0.5, 0.6) is 0 Å². The third-order valence-electron chi connectivity index (χ3n) is 2.69. The van der Waals surface area contributed by atoms with E-state index in [0.29, 0.717) is 0 Å². The lowest BCUT2D eigenvalue weighted by atomic mass is 9.82. The second-order valence-corrected chi connectivity index (χ2v) is 5.02. The van der Waals surface area contributed by atoms with Crippen LogP contribution < -0.4 is 10.9 Å². The fourth-order valence-corrected chi connectivity index (χ4v) is 1.98. The summed E-state index contributed by atoms with van der Waals surface area (Å²) in [6.45, 7) is 8.89. The number of nitrogens with two attached hydrogens (primary N) is 1. The van der Waals surface area contributed by atoms with E-state index in [1.165, 1.54) is 11.1 Å². The third-order valence-corrected chi connectivity index (χ3v) is 2.69. The minimum atomic E-state index is 0.178. The molecule has 0 amide bonds. The summed E-state index contributed by atoms with van der Waals surface area (Å²) < 4.78 is 0. The van der Waals surface area contributed by atoms with Gasteiger partial charge in [-0.05, 0) is 29.0 Å². The van der Waals surface area contributed by atoms with Crippen LogP contribution in [0.15, 0.2) is 18.2 Å². The first-order valence-electron chi connectivity index (χ1n) is 5.48. The van der Waals surface area contributed by atoms with E-state index in [2.05, 4.69) is 45.9 Å². The van der Waals surface area contributed by atoms with Crippen LogP contribution in [0.4, 0.5) is 5.69 Å². The van der Waals surface area contributed by atoms with Crippen molar-refractivity contribution in [1.29, 1.82) is 0 Å². The highest BCUT2D eigenvalue weighted by molar-refractivity contribution is 5.57. The lowest BCUT2D eigenvalue weighted by Gasteiger charge is -2.26. The van der Waals surface area contributed by atoms with Gasteiger partial charge in [-0.3, -0.25) is 0 Å². The van der Waals surface area contributed by atoms with Crippen LogP contribution in [0.2, 0.25) is 0 Å². The molecule has 0 aliphatic heterocycles. The number of hydrogen-bond acceptors (Lipinski definition) is 2. The molecular formula is C13H22N2. The smallest absolute Gasteiger partial charge is 0.0548 e. The molecule has 0 spiro atoms. The van der Waals surface area contributed by atoms with Crippen LogP contribution in [-0.4, -0.2) is 7.05 Å². The Labute approximate surface area is 93.1 Å². The van der Waals surface area contributed by atoms with Crippen LogP contribution in [0.1, 0.15) is 38.8 Å². The zero-order valence-electron chi connectivity index (χ0n) is 10.5. The highest BCUT2D eigenvalue weighted by Crippen LogP contribution is 2.31. The van der Waals surface area contributed by atoms with Crippen molar-refractivity contribution in [3.8, 4) is 0 Å². The average molecular weight is 206 g/mol. The molecule has 1 rings (SSSR count). The zero-order chi connectivity index (χ0) is 11.6. The fraction of sp³-hybridized carbons (Fsp3) is 0.538. The van der Waals surface area contributed by atoms with Gasteiger partial charge in [0.25, 0.3) is 0 Å². The quantitative estimate of drug-likeness (QED) is 0.595. The lowest BCUT2D eigenvalue weighted by Crippen LogP contribution is -2.27. The number of hydrazine groups is 1. The summed E-state index contributed by atoms with van der Waals surface area (Å²) >= 11 is 0. The molecule has 15 heavy (non-hydrogen) atoms. The fourth-order valence-electron chi connectivity index (χ4n) is 1.98. The summed E-state index contributed by atoms with van der Waals surface area (Å²) in [7, 11) is 1.89. The molecule has 0 heterocycles. The Kier molecular flexibility index (Phi) is 3.40. The standard InChI is InChI=1S/C13H22N2/c1-6-10-11(13(2,3)4)8-7-9-12(10)15(5)14/h7-9H,6,14H2,1-5H3. The first-order chi connectivity index (χ1) is 6.88. The van der Waals surface area contributed by atoms with Crippen LogP contribution in [0.3, 0.4) is 0 Å². The minimum Gasteiger partial charge on any atom is -0.314 e. The topological polar surface area (TPSA) is 29.3 Å². The van der Waals surface area contributed by atoms with E-state index in [4.69, 9.17) is 5.84 Å². The molecule has 0 aromatic heterocycles. The lowest BCUT2D eigenvalue weighted by molar-refractivity contribution is 0.583. The van der Waals surface area contributed by atoms with Crippen LogP contribution in [-0.2, 0) is 11.8 Å². The maximum absolute atomic E-state index is 5.84. The van der Waals surface area contributed by atoms with E-state index in [9.17, 15) is 0 Å². The van der Waals surface area contributed by atoms with Crippen molar-refractivity contribution in [2.45, 2.75) is 39.5 Å². The highest BCUT2D eigenvalue weighted by Gasteiger charge is 2.19. The molecule has 84 valence electrons. The maximum atomic E-state index is 5.84. The van der Waals surface area contributed by atoms with Gasteiger partial charge in [0.15, 0.2) is 0 Å². The van der Waals surface area contributed by atoms with E-state index in [1.54, 1.807) is 5.01 Å². The molecule has 0 saturated carbocycles. The summed E-state index contributed by atoms with van der Waals surface area (Å²) in [5, 5.41) is 1.70. The van der Waals surface area contributed by atoms with E-state index in [-0.39, 0.29) is 5.41 Å². The van der Waals surface area contributed by atoms with Crippen molar-refractivity contribution in [3.05, 3.63) is 29.3 Å². The zero-order valence-corrected chi connectivity index (χ0v) is 10.5. The number of rotatable bonds is 2. The summed E-state index contributed by atoms with van der Waals surface area (Å²) in [5.41, 5.74) is 4.05. The molecule has 0 bridgehead atoms. The molecule has 0 aliphatic carbocycles. The Hall–Kier alpha value is -1.02. The van der Waals surface area contributed by atoms with Crippen LogP contribution >= 0.6 is 0 Å². The van der Waals surface area contributed by atoms with E-state index in [0.717, 1.165) is 12.1 Å². The van der Waals surface area contributed by atoms with Crippen molar-refractivity contribution in [2.24, 2.45) is 5.84 Å². The van der Waals surface area contributed by atoms with Crippen molar-refractivity contribution < 1.29 is 0 Å². The van der Waals surface area contributed by atoms with Crippen LogP contribution in [0.25, 0.3) is 0 Å². The normalized spacial score (nSPS) is 11.6. The van der Waals surface area contributed by atoms with Gasteiger partial charge in [0.05, 0.1) is 5.69 Å². The molecule has 0 unspecified atom stereocenters. The van der Waals surface area contributed by atoms with Gasteiger partial charge in [-0.2, -0.15) is 0 Å². The van der Waals surface area contributed by atoms with Gasteiger partial charge in [0.2, 0.25) is 0 Å². The Morgan fingerprint density at radius 3 is 2.27 bits per heavy atom. The van der Waals surface area contributed by atoms with E-state index in [1.807, 2.05) is 7.05 Å². The van der Waals surface area contributed by atoms with Gasteiger partial charge in [-0.1, -0.05) is 39.8 Å². The summed E-state index contributed by atoms with van der Waals surface area (Å²) in [5.74, 6) is 5.84. The van der Waals surface area contributed by atoms with Gasteiger partial charge in [0.1, 0.15) is 0 Å². The van der Waals surface area contributed by atoms with Gasteiger partial charge in [-0.25, -0.2) is 5.84 Å². The molecule has 1 aromatic carbocycles. The number of nitrogens with zero attached hydrogens (tertiary/aromatic N) is 1. The van der Waals surface area contributed by atoms with Crippen molar-refractivity contribution in [3.63, 3.8) is 0 Å². The molecule has 0 atom stereocenters. The summed E-state index contributed by atoms with van der Waals surface area (Å²) in [4.78, 5) is 0. The van der Waals surface area contributed by atoms with Crippen molar-refractivity contribution >= 4 is 5.69 Å². The van der Waals surface area contributed by atoms with Gasteiger partial charge < -0.3 is 5.01 Å². The highest BCUT2D eigenvalue weighted by atomic mass is 15.4. The number of benzene rings is 1. The molecule has 0 fully saturated rings. The van der Waals surface area contributed by atoms with E-state index < -0.39 is 0 Å². The molecule has 0 saturated heterocycles. The summed E-state index contributed by atoms with van der Waals surface area (Å²) in [6.07, 6.45) is 1.02. The Balaban J connectivity index is 3.35. The first kappa shape index (κ1) is 12.1. The molecule has 2 nitrogen and oxygen atoms in total. The second-order valence-electron chi connectivity index (χ2n) is 5.02. The monoisotopic (exact) mass is 206 g/mol. The molecule has 2 N–H and O–H groups in total. The molecule has 1 aromatic rings. The number of hydrogen-bond donors (Lipinski definition) is 1. The Morgan fingerprint density at radius 1 is 1.27 bits per heavy atom. The molecule has 0 radical (unpaired) electrons. The van der Waals surface area contributed by atoms with Gasteiger partial charge in [-0.15, -0.1) is 0 Å². The molecule has 2 heteroatoms. The summed E-state index contributed by atoms with van der Waals surface area (Å²) in [6, 6.07) is 6.36. The van der Waals surface area contributed by atoms with Crippen LogP contribution in [0, 0.1) is 0 Å². The molecule has 0 aliphatic rings. The van der Waals surface area contributed by atoms with Crippen molar-refractivity contribution in [2.75, 3.05) is 12.1 Å². The average Bonchev–Trinajstić information content (AvgIpc) is 2.15.